The van der Waals surface area contributed by atoms with E-state index in [0.717, 1.165) is 15.4 Å². The highest BCUT2D eigenvalue weighted by atomic mass is 79.9. The van der Waals surface area contributed by atoms with Gasteiger partial charge in [0, 0.05) is 21.6 Å². The van der Waals surface area contributed by atoms with Crippen molar-refractivity contribution < 1.29 is 14.0 Å². The van der Waals surface area contributed by atoms with Crippen LogP contribution in [-0.4, -0.2) is 17.9 Å². The van der Waals surface area contributed by atoms with E-state index in [0.29, 0.717) is 17.7 Å². The van der Waals surface area contributed by atoms with Crippen molar-refractivity contribution in [1.29, 1.82) is 0 Å². The number of nitrogens with one attached hydrogen (secondary N) is 2. The summed E-state index contributed by atoms with van der Waals surface area (Å²) in [6.45, 7) is 3.85. The van der Waals surface area contributed by atoms with E-state index in [-0.39, 0.29) is 23.6 Å². The lowest BCUT2D eigenvalue weighted by Gasteiger charge is -2.09. The van der Waals surface area contributed by atoms with Crippen molar-refractivity contribution in [2.75, 3.05) is 5.32 Å². The highest BCUT2D eigenvalue weighted by Crippen LogP contribution is 2.24. The summed E-state index contributed by atoms with van der Waals surface area (Å²) in [5.41, 5.74) is 2.18. The van der Waals surface area contributed by atoms with Crippen LogP contribution in [0.1, 0.15) is 30.0 Å². The molecule has 0 spiro atoms. The largest absolute Gasteiger partial charge is 0.451 e. The zero-order chi connectivity index (χ0) is 18.7. The van der Waals surface area contributed by atoms with Gasteiger partial charge in [0.25, 0.3) is 5.91 Å². The molecule has 0 fully saturated rings. The summed E-state index contributed by atoms with van der Waals surface area (Å²) in [4.78, 5) is 24.2. The molecule has 2 amide bonds. The zero-order valence-corrected chi connectivity index (χ0v) is 16.1. The second-order valence-electron chi connectivity index (χ2n) is 6.34. The second-order valence-corrected chi connectivity index (χ2v) is 7.26. The van der Waals surface area contributed by atoms with Gasteiger partial charge in [-0.2, -0.15) is 0 Å². The number of furan rings is 1. The molecule has 0 radical (unpaired) electrons. The quantitative estimate of drug-likeness (QED) is 0.644. The minimum absolute atomic E-state index is 0.0229. The molecule has 0 aliphatic heterocycles. The molecular formula is C20H19BrN2O3. The number of carbonyl (C=O) groups is 2. The van der Waals surface area contributed by atoms with Crippen molar-refractivity contribution in [3.05, 3.63) is 64.3 Å². The molecule has 0 aliphatic carbocycles. The normalized spacial score (nSPS) is 10.9. The van der Waals surface area contributed by atoms with Gasteiger partial charge in [-0.1, -0.05) is 28.1 Å². The minimum Gasteiger partial charge on any atom is -0.451 e. The van der Waals surface area contributed by atoms with Gasteiger partial charge in [0.1, 0.15) is 5.58 Å². The lowest BCUT2D eigenvalue weighted by atomic mass is 10.1. The SMILES string of the molecule is CC(C)NC(=O)Cc1ccc(NC(=O)c2cc3cc(Br)ccc3o2)cc1. The Labute approximate surface area is 159 Å². The fourth-order valence-electron chi connectivity index (χ4n) is 2.58. The van der Waals surface area contributed by atoms with E-state index >= 15 is 0 Å². The zero-order valence-electron chi connectivity index (χ0n) is 14.5. The number of carbonyl (C=O) groups excluding carboxylic acids is 2. The molecule has 0 unspecified atom stereocenters. The van der Waals surface area contributed by atoms with E-state index in [9.17, 15) is 9.59 Å². The van der Waals surface area contributed by atoms with E-state index in [1.807, 2.05) is 44.2 Å². The van der Waals surface area contributed by atoms with Crippen LogP contribution in [0.25, 0.3) is 11.0 Å². The van der Waals surface area contributed by atoms with E-state index in [1.165, 1.54) is 0 Å². The maximum atomic E-state index is 12.4. The molecule has 0 bridgehead atoms. The van der Waals surface area contributed by atoms with Gasteiger partial charge < -0.3 is 15.1 Å². The number of hydrogen-bond acceptors (Lipinski definition) is 3. The maximum Gasteiger partial charge on any atom is 0.291 e. The molecule has 0 atom stereocenters. The summed E-state index contributed by atoms with van der Waals surface area (Å²) >= 11 is 3.40. The van der Waals surface area contributed by atoms with Gasteiger partial charge in [0.15, 0.2) is 5.76 Å². The van der Waals surface area contributed by atoms with Crippen molar-refractivity contribution in [2.24, 2.45) is 0 Å². The molecular weight excluding hydrogens is 396 g/mol. The molecule has 3 rings (SSSR count). The van der Waals surface area contributed by atoms with Crippen molar-refractivity contribution in [3.8, 4) is 0 Å². The molecule has 2 N–H and O–H groups in total. The van der Waals surface area contributed by atoms with Crippen LogP contribution in [0, 0.1) is 0 Å². The van der Waals surface area contributed by atoms with Crippen LogP contribution in [0.4, 0.5) is 5.69 Å². The average molecular weight is 415 g/mol. The third kappa shape index (κ3) is 4.52. The van der Waals surface area contributed by atoms with Crippen molar-refractivity contribution in [2.45, 2.75) is 26.3 Å². The Kier molecular flexibility index (Phi) is 5.42. The monoisotopic (exact) mass is 414 g/mol. The van der Waals surface area contributed by atoms with Crippen molar-refractivity contribution >= 4 is 44.4 Å². The molecule has 1 heterocycles. The molecule has 0 saturated carbocycles. The fourth-order valence-corrected chi connectivity index (χ4v) is 2.96. The third-order valence-electron chi connectivity index (χ3n) is 3.73. The first kappa shape index (κ1) is 18.2. The Morgan fingerprint density at radius 3 is 2.50 bits per heavy atom. The van der Waals surface area contributed by atoms with Gasteiger partial charge in [0.2, 0.25) is 5.91 Å². The van der Waals surface area contributed by atoms with Crippen LogP contribution in [0.3, 0.4) is 0 Å². The number of anilines is 1. The topological polar surface area (TPSA) is 71.3 Å². The number of halogens is 1. The summed E-state index contributed by atoms with van der Waals surface area (Å²) in [5, 5.41) is 6.51. The highest BCUT2D eigenvalue weighted by Gasteiger charge is 2.13. The van der Waals surface area contributed by atoms with Gasteiger partial charge in [-0.15, -0.1) is 0 Å². The van der Waals surface area contributed by atoms with Crippen molar-refractivity contribution in [1.82, 2.24) is 5.32 Å². The lowest BCUT2D eigenvalue weighted by Crippen LogP contribution is -2.31. The fraction of sp³-hybridized carbons (Fsp3) is 0.200. The Morgan fingerprint density at radius 1 is 1.08 bits per heavy atom. The van der Waals surface area contributed by atoms with Gasteiger partial charge in [0.05, 0.1) is 6.42 Å². The first-order valence-electron chi connectivity index (χ1n) is 8.29. The van der Waals surface area contributed by atoms with Gasteiger partial charge >= 0.3 is 0 Å². The summed E-state index contributed by atoms with van der Waals surface area (Å²) in [6.07, 6.45) is 0.310. The number of amides is 2. The maximum absolute atomic E-state index is 12.4. The molecule has 5 nitrogen and oxygen atoms in total. The van der Waals surface area contributed by atoms with Crippen LogP contribution in [0.15, 0.2) is 57.4 Å². The highest BCUT2D eigenvalue weighted by molar-refractivity contribution is 9.10. The van der Waals surface area contributed by atoms with Crippen LogP contribution in [0.2, 0.25) is 0 Å². The Hall–Kier alpha value is -2.60. The smallest absolute Gasteiger partial charge is 0.291 e. The van der Waals surface area contributed by atoms with Crippen LogP contribution in [-0.2, 0) is 11.2 Å². The average Bonchev–Trinajstić information content (AvgIpc) is 2.99. The third-order valence-corrected chi connectivity index (χ3v) is 4.22. The molecule has 0 saturated heterocycles. The summed E-state index contributed by atoms with van der Waals surface area (Å²) in [7, 11) is 0. The number of rotatable bonds is 5. The van der Waals surface area contributed by atoms with Crippen LogP contribution >= 0.6 is 15.9 Å². The minimum atomic E-state index is -0.317. The number of fused-ring (bicyclic) bond motifs is 1. The van der Waals surface area contributed by atoms with Crippen LogP contribution < -0.4 is 10.6 Å². The van der Waals surface area contributed by atoms with E-state index < -0.39 is 0 Å². The van der Waals surface area contributed by atoms with Crippen molar-refractivity contribution in [3.63, 3.8) is 0 Å². The summed E-state index contributed by atoms with van der Waals surface area (Å²) in [6, 6.07) is 14.6. The van der Waals surface area contributed by atoms with Gasteiger partial charge in [-0.05, 0) is 55.8 Å². The molecule has 26 heavy (non-hydrogen) atoms. The Balaban J connectivity index is 1.66. The summed E-state index contributed by atoms with van der Waals surface area (Å²) in [5.74, 6) is -0.0914. The predicted octanol–water partition coefficient (Wildman–Crippen LogP) is 4.51. The first-order chi connectivity index (χ1) is 12.4. The molecule has 0 aliphatic rings. The second kappa shape index (κ2) is 7.74. The molecule has 134 valence electrons. The van der Waals surface area contributed by atoms with E-state index in [2.05, 4.69) is 26.6 Å². The van der Waals surface area contributed by atoms with E-state index in [1.54, 1.807) is 18.2 Å². The Morgan fingerprint density at radius 2 is 1.81 bits per heavy atom. The Bertz CT molecular complexity index is 945. The molecule has 1 aromatic heterocycles. The summed E-state index contributed by atoms with van der Waals surface area (Å²) < 4.78 is 6.51. The standard InChI is InChI=1S/C20H19BrN2O3/c1-12(2)22-19(24)9-13-3-6-16(7-4-13)23-20(25)18-11-14-10-15(21)5-8-17(14)26-18/h3-8,10-12H,9H2,1-2H3,(H,22,24)(H,23,25). The molecule has 2 aromatic carbocycles. The molecule has 3 aromatic rings. The lowest BCUT2D eigenvalue weighted by molar-refractivity contribution is -0.120. The van der Waals surface area contributed by atoms with Gasteiger partial charge in [-0.25, -0.2) is 0 Å². The number of hydrogen-bond donors (Lipinski definition) is 2. The number of benzene rings is 2. The predicted molar refractivity (Wildman–Crippen MR) is 105 cm³/mol. The van der Waals surface area contributed by atoms with Crippen LogP contribution in [0.5, 0.6) is 0 Å². The molecule has 6 heteroatoms. The van der Waals surface area contributed by atoms with E-state index in [4.69, 9.17) is 4.42 Å². The first-order valence-corrected chi connectivity index (χ1v) is 9.09. The van der Waals surface area contributed by atoms with Gasteiger partial charge in [-0.3, -0.25) is 9.59 Å².